The van der Waals surface area contributed by atoms with Crippen LogP contribution in [0.4, 0.5) is 17.2 Å². The minimum Gasteiger partial charge on any atom is -0.372 e. The van der Waals surface area contributed by atoms with Gasteiger partial charge in [-0.15, -0.1) is 0 Å². The van der Waals surface area contributed by atoms with Crippen LogP contribution in [0.25, 0.3) is 0 Å². The van der Waals surface area contributed by atoms with Gasteiger partial charge in [0.15, 0.2) is 0 Å². The number of benzene rings is 1. The predicted octanol–water partition coefficient (Wildman–Crippen LogP) is 2.84. The van der Waals surface area contributed by atoms with Crippen molar-refractivity contribution in [3.05, 3.63) is 42.4 Å². The second-order valence-electron chi connectivity index (χ2n) is 6.86. The summed E-state index contributed by atoms with van der Waals surface area (Å²) in [6.07, 6.45) is 1.45. The minimum absolute atomic E-state index is 0.0296. The van der Waals surface area contributed by atoms with Crippen molar-refractivity contribution in [3.8, 4) is 0 Å². The topological polar surface area (TPSA) is 64.6 Å². The number of hydrogen-bond acceptors (Lipinski definition) is 6. The summed E-state index contributed by atoms with van der Waals surface area (Å²) in [5.74, 6) is 0.596. The minimum atomic E-state index is -0.0296. The molecule has 1 fully saturated rings. The molecule has 0 saturated carbocycles. The van der Waals surface area contributed by atoms with Crippen LogP contribution < -0.4 is 10.2 Å². The highest BCUT2D eigenvalue weighted by molar-refractivity contribution is 5.93. The number of hydrogen-bond donors (Lipinski definition) is 1. The number of nitrogens with one attached hydrogen (secondary N) is 1. The number of carbonyl (C=O) groups is 1. The fourth-order valence-electron chi connectivity index (χ4n) is 3.46. The summed E-state index contributed by atoms with van der Waals surface area (Å²) in [6.45, 7) is 12.7. The molecule has 1 amide bonds. The number of aromatic nitrogens is 2. The Labute approximate surface area is 167 Å². The molecule has 7 nitrogen and oxygen atoms in total. The number of amides is 1. The molecule has 3 rings (SSSR count). The van der Waals surface area contributed by atoms with Gasteiger partial charge in [-0.3, -0.25) is 4.79 Å². The Kier molecular flexibility index (Phi) is 6.81. The SMILES string of the molecule is CCN1CCN(C(=O)c2cc(Nc3ccc(N(CC)CC)cc3)ncn2)CC1. The number of anilines is 3. The normalized spacial score (nSPS) is 14.8. The van der Waals surface area contributed by atoms with Crippen molar-refractivity contribution in [1.82, 2.24) is 19.8 Å². The summed E-state index contributed by atoms with van der Waals surface area (Å²) < 4.78 is 0. The van der Waals surface area contributed by atoms with Crippen LogP contribution in [0.2, 0.25) is 0 Å². The smallest absolute Gasteiger partial charge is 0.272 e. The van der Waals surface area contributed by atoms with E-state index in [0.717, 1.165) is 51.5 Å². The summed E-state index contributed by atoms with van der Waals surface area (Å²) in [7, 11) is 0. The van der Waals surface area contributed by atoms with Gasteiger partial charge in [-0.25, -0.2) is 9.97 Å². The Morgan fingerprint density at radius 3 is 2.32 bits per heavy atom. The molecule has 1 aromatic heterocycles. The maximum Gasteiger partial charge on any atom is 0.272 e. The van der Waals surface area contributed by atoms with E-state index in [4.69, 9.17) is 0 Å². The highest BCUT2D eigenvalue weighted by Crippen LogP contribution is 2.20. The van der Waals surface area contributed by atoms with Gasteiger partial charge < -0.3 is 20.0 Å². The Morgan fingerprint density at radius 2 is 1.71 bits per heavy atom. The van der Waals surface area contributed by atoms with Crippen molar-refractivity contribution in [1.29, 1.82) is 0 Å². The quantitative estimate of drug-likeness (QED) is 0.794. The number of likely N-dealkylation sites (N-methyl/N-ethyl adjacent to an activating group) is 1. The first-order chi connectivity index (χ1) is 13.6. The lowest BCUT2D eigenvalue weighted by molar-refractivity contribution is 0.0637. The molecule has 0 atom stereocenters. The van der Waals surface area contributed by atoms with E-state index in [-0.39, 0.29) is 5.91 Å². The van der Waals surface area contributed by atoms with Crippen molar-refractivity contribution in [2.45, 2.75) is 20.8 Å². The third-order valence-electron chi connectivity index (χ3n) is 5.26. The predicted molar refractivity (Wildman–Crippen MR) is 113 cm³/mol. The van der Waals surface area contributed by atoms with Crippen molar-refractivity contribution < 1.29 is 4.79 Å². The van der Waals surface area contributed by atoms with Gasteiger partial charge >= 0.3 is 0 Å². The zero-order chi connectivity index (χ0) is 19.9. The first kappa shape index (κ1) is 20.1. The Hall–Kier alpha value is -2.67. The van der Waals surface area contributed by atoms with Gasteiger partial charge in [-0.05, 0) is 44.7 Å². The van der Waals surface area contributed by atoms with E-state index < -0.39 is 0 Å². The molecule has 1 N–H and O–H groups in total. The third kappa shape index (κ3) is 4.78. The molecular weight excluding hydrogens is 352 g/mol. The largest absolute Gasteiger partial charge is 0.372 e. The summed E-state index contributed by atoms with van der Waals surface area (Å²) >= 11 is 0. The van der Waals surface area contributed by atoms with Crippen LogP contribution in [0.15, 0.2) is 36.7 Å². The van der Waals surface area contributed by atoms with Gasteiger partial charge in [0.1, 0.15) is 17.8 Å². The Morgan fingerprint density at radius 1 is 1.04 bits per heavy atom. The van der Waals surface area contributed by atoms with Crippen LogP contribution in [0.1, 0.15) is 31.3 Å². The van der Waals surface area contributed by atoms with E-state index in [2.05, 4.69) is 58.0 Å². The van der Waals surface area contributed by atoms with E-state index >= 15 is 0 Å². The molecule has 0 spiro atoms. The summed E-state index contributed by atoms with van der Waals surface area (Å²) in [5.41, 5.74) is 2.56. The maximum atomic E-state index is 12.8. The van der Waals surface area contributed by atoms with E-state index in [0.29, 0.717) is 11.5 Å². The average molecular weight is 383 g/mol. The molecular formula is C21H30N6O. The lowest BCUT2D eigenvalue weighted by atomic mass is 10.2. The third-order valence-corrected chi connectivity index (χ3v) is 5.26. The van der Waals surface area contributed by atoms with Gasteiger partial charge in [0, 0.05) is 56.7 Å². The van der Waals surface area contributed by atoms with E-state index in [9.17, 15) is 4.79 Å². The van der Waals surface area contributed by atoms with Crippen LogP contribution in [-0.2, 0) is 0 Å². The lowest BCUT2D eigenvalue weighted by Crippen LogP contribution is -2.48. The molecule has 0 radical (unpaired) electrons. The lowest BCUT2D eigenvalue weighted by Gasteiger charge is -2.33. The summed E-state index contributed by atoms with van der Waals surface area (Å²) in [5, 5.41) is 3.27. The van der Waals surface area contributed by atoms with Gasteiger partial charge in [-0.1, -0.05) is 6.92 Å². The van der Waals surface area contributed by atoms with Gasteiger partial charge in [0.05, 0.1) is 0 Å². The molecule has 0 bridgehead atoms. The molecule has 0 aliphatic carbocycles. The molecule has 1 aliphatic heterocycles. The van der Waals surface area contributed by atoms with Crippen LogP contribution in [0.3, 0.4) is 0 Å². The number of piperazine rings is 1. The summed E-state index contributed by atoms with van der Waals surface area (Å²) in [6, 6.07) is 9.97. The van der Waals surface area contributed by atoms with E-state index in [1.165, 1.54) is 12.0 Å². The Bertz CT molecular complexity index is 767. The fourth-order valence-corrected chi connectivity index (χ4v) is 3.46. The highest BCUT2D eigenvalue weighted by atomic mass is 16.2. The first-order valence-corrected chi connectivity index (χ1v) is 10.1. The zero-order valence-corrected chi connectivity index (χ0v) is 17.1. The number of nitrogens with zero attached hydrogens (tertiary/aromatic N) is 5. The van der Waals surface area contributed by atoms with E-state index in [1.54, 1.807) is 6.07 Å². The molecule has 1 saturated heterocycles. The van der Waals surface area contributed by atoms with Crippen molar-refractivity contribution >= 4 is 23.1 Å². The second kappa shape index (κ2) is 9.50. The first-order valence-electron chi connectivity index (χ1n) is 10.1. The highest BCUT2D eigenvalue weighted by Gasteiger charge is 2.22. The fraction of sp³-hybridized carbons (Fsp3) is 0.476. The maximum absolute atomic E-state index is 12.8. The zero-order valence-electron chi connectivity index (χ0n) is 17.1. The molecule has 0 unspecified atom stereocenters. The van der Waals surface area contributed by atoms with E-state index in [1.807, 2.05) is 17.0 Å². The van der Waals surface area contributed by atoms with Crippen molar-refractivity contribution in [2.24, 2.45) is 0 Å². The van der Waals surface area contributed by atoms with Crippen molar-refractivity contribution in [2.75, 3.05) is 56.0 Å². The van der Waals surface area contributed by atoms with Crippen LogP contribution >= 0.6 is 0 Å². The van der Waals surface area contributed by atoms with Crippen LogP contribution in [0, 0.1) is 0 Å². The van der Waals surface area contributed by atoms with Gasteiger partial charge in [0.25, 0.3) is 5.91 Å². The molecule has 7 heteroatoms. The molecule has 2 aromatic rings. The number of carbonyl (C=O) groups excluding carboxylic acids is 1. The summed E-state index contributed by atoms with van der Waals surface area (Å²) in [4.78, 5) is 27.7. The molecule has 2 heterocycles. The molecule has 1 aliphatic rings. The van der Waals surface area contributed by atoms with Crippen LogP contribution in [0.5, 0.6) is 0 Å². The standard InChI is InChI=1S/C21H30N6O/c1-4-25-11-13-27(14-12-25)21(28)19-15-20(23-16-22-19)24-17-7-9-18(10-8-17)26(5-2)6-3/h7-10,15-16H,4-6,11-14H2,1-3H3,(H,22,23,24). The van der Waals surface area contributed by atoms with Crippen molar-refractivity contribution in [3.63, 3.8) is 0 Å². The van der Waals surface area contributed by atoms with Gasteiger partial charge in [-0.2, -0.15) is 0 Å². The Balaban J connectivity index is 1.65. The number of rotatable bonds is 7. The molecule has 1 aromatic carbocycles. The average Bonchev–Trinajstić information content (AvgIpc) is 2.75. The van der Waals surface area contributed by atoms with Crippen LogP contribution in [-0.4, -0.2) is 71.5 Å². The second-order valence-corrected chi connectivity index (χ2v) is 6.86. The monoisotopic (exact) mass is 382 g/mol. The molecule has 28 heavy (non-hydrogen) atoms. The van der Waals surface area contributed by atoms with Gasteiger partial charge in [0.2, 0.25) is 0 Å². The molecule has 150 valence electrons.